The van der Waals surface area contributed by atoms with Gasteiger partial charge in [-0.1, -0.05) is 0 Å². The highest BCUT2D eigenvalue weighted by Crippen LogP contribution is 2.21. The van der Waals surface area contributed by atoms with Crippen LogP contribution in [0.4, 0.5) is 0 Å². The Morgan fingerprint density at radius 1 is 1.14 bits per heavy atom. The molecule has 0 fully saturated rings. The highest BCUT2D eigenvalue weighted by atomic mass is 16.0. The van der Waals surface area contributed by atoms with Crippen LogP contribution in [0, 0.1) is 0 Å². The minimum atomic E-state index is 0.639. The molecule has 0 bridgehead atoms. The zero-order valence-electron chi connectivity index (χ0n) is 4.76. The molecule has 0 radical (unpaired) electrons. The molecule has 0 unspecified atom stereocenters. The first-order chi connectivity index (χ1) is 3.33. The molecule has 3 nitrogen and oxygen atoms in total. The van der Waals surface area contributed by atoms with Crippen LogP contribution in [0.3, 0.4) is 0 Å². The Morgan fingerprint density at radius 2 is 1.57 bits per heavy atom. The fraction of sp³-hybridized carbons (Fsp3) is 1.00. The summed E-state index contributed by atoms with van der Waals surface area (Å²) in [5, 5.41) is 7.67. The Labute approximate surface area is 43.2 Å². The van der Waals surface area contributed by atoms with Gasteiger partial charge in [0, 0.05) is 0 Å². The van der Waals surface area contributed by atoms with E-state index in [1.165, 1.54) is 0 Å². The molecule has 0 aromatic rings. The van der Waals surface area contributed by atoms with E-state index in [4.69, 9.17) is 0 Å². The Morgan fingerprint density at radius 3 is 1.57 bits per heavy atom. The fourth-order valence-electron chi connectivity index (χ4n) is 0.533. The molecule has 7 heavy (non-hydrogen) atoms. The Balaban J connectivity index is 2.31. The average Bonchev–Trinajstić information content (AvgIpc) is 2.46. The van der Waals surface area contributed by atoms with Gasteiger partial charge in [0.05, 0.1) is 0 Å². The van der Waals surface area contributed by atoms with Gasteiger partial charge in [0.25, 0.3) is 0 Å². The van der Waals surface area contributed by atoms with Crippen LogP contribution in [0.5, 0.6) is 0 Å². The predicted octanol–water partition coefficient (Wildman–Crippen LogP) is 1.14. The van der Waals surface area contributed by atoms with Crippen molar-refractivity contribution in [2.24, 2.45) is 10.4 Å². The van der Waals surface area contributed by atoms with Crippen molar-refractivity contribution in [2.45, 2.75) is 13.8 Å². The van der Waals surface area contributed by atoms with Gasteiger partial charge < -0.3 is 0 Å². The maximum absolute atomic E-state index is 3.83. The second-order valence-corrected chi connectivity index (χ2v) is 1.69. The Kier molecular flexibility index (Phi) is 0.852. The molecule has 1 aliphatic heterocycles. The van der Waals surface area contributed by atoms with Gasteiger partial charge in [-0.05, 0) is 18.5 Å². The third-order valence-corrected chi connectivity index (χ3v) is 1.36. The van der Waals surface area contributed by atoms with Crippen LogP contribution in [-0.4, -0.2) is 17.8 Å². The van der Waals surface area contributed by atoms with Gasteiger partial charge >= 0.3 is 0 Å². The van der Waals surface area contributed by atoms with Crippen LogP contribution >= 0.6 is 0 Å². The molecular formula is C4H10N3+. The summed E-state index contributed by atoms with van der Waals surface area (Å²) in [5.74, 6) is 0. The summed E-state index contributed by atoms with van der Waals surface area (Å²) in [6.07, 6.45) is 0. The number of hydrogen-bond acceptors (Lipinski definition) is 2. The van der Waals surface area contributed by atoms with Gasteiger partial charge in [-0.25, -0.2) is 0 Å². The van der Waals surface area contributed by atoms with Gasteiger partial charge in [0.1, 0.15) is 23.5 Å². The van der Waals surface area contributed by atoms with Crippen LogP contribution in [0.1, 0.15) is 13.8 Å². The smallest absolute Gasteiger partial charge is 0.0316 e. The molecule has 1 aliphatic rings. The lowest BCUT2D eigenvalue weighted by molar-refractivity contribution is -0.847. The third kappa shape index (κ3) is 0.632. The maximum atomic E-state index is 3.83. The monoisotopic (exact) mass is 100 g/mol. The summed E-state index contributed by atoms with van der Waals surface area (Å²) in [4.78, 5) is 0. The van der Waals surface area contributed by atoms with Crippen molar-refractivity contribution in [3.05, 3.63) is 0 Å². The summed E-state index contributed by atoms with van der Waals surface area (Å²) in [7, 11) is 0. The van der Waals surface area contributed by atoms with Crippen molar-refractivity contribution in [1.29, 1.82) is 0 Å². The molecule has 0 amide bonds. The van der Waals surface area contributed by atoms with E-state index in [0.717, 1.165) is 13.1 Å². The van der Waals surface area contributed by atoms with E-state index in [9.17, 15) is 0 Å². The molecule has 0 spiro atoms. The summed E-state index contributed by atoms with van der Waals surface area (Å²) in [5.41, 5.74) is 0. The first-order valence-electron chi connectivity index (χ1n) is 2.65. The van der Waals surface area contributed by atoms with E-state index in [0.29, 0.717) is 4.70 Å². The minimum Gasteiger partial charge on any atom is -0.0316 e. The zero-order valence-corrected chi connectivity index (χ0v) is 4.76. The summed E-state index contributed by atoms with van der Waals surface area (Å²) >= 11 is 0. The van der Waals surface area contributed by atoms with E-state index in [-0.39, 0.29) is 0 Å². The minimum absolute atomic E-state index is 0.639. The van der Waals surface area contributed by atoms with Gasteiger partial charge in [0.2, 0.25) is 0 Å². The SMILES string of the molecule is CC[N+]1(CC)N=N1. The van der Waals surface area contributed by atoms with Crippen molar-refractivity contribution in [3.8, 4) is 0 Å². The van der Waals surface area contributed by atoms with Crippen molar-refractivity contribution in [3.63, 3.8) is 0 Å². The van der Waals surface area contributed by atoms with E-state index in [1.807, 2.05) is 0 Å². The maximum Gasteiger partial charge on any atom is 0.131 e. The van der Waals surface area contributed by atoms with Gasteiger partial charge in [0.15, 0.2) is 0 Å². The second-order valence-electron chi connectivity index (χ2n) is 1.69. The standard InChI is InChI=1S/C4H10N3/c1-3-7(4-2)5-6-7/h3-4H2,1-2H3/q+1. The molecule has 1 heterocycles. The van der Waals surface area contributed by atoms with E-state index < -0.39 is 0 Å². The first-order valence-corrected chi connectivity index (χ1v) is 2.65. The highest BCUT2D eigenvalue weighted by Gasteiger charge is 2.37. The molecule has 0 aromatic carbocycles. The molecule has 0 aliphatic carbocycles. The van der Waals surface area contributed by atoms with Gasteiger partial charge in [-0.3, -0.25) is 0 Å². The molecule has 0 saturated carbocycles. The lowest BCUT2D eigenvalue weighted by atomic mass is 10.6. The van der Waals surface area contributed by atoms with E-state index in [2.05, 4.69) is 24.3 Å². The van der Waals surface area contributed by atoms with Crippen molar-refractivity contribution in [1.82, 2.24) is 0 Å². The van der Waals surface area contributed by atoms with E-state index in [1.54, 1.807) is 0 Å². The van der Waals surface area contributed by atoms with Crippen molar-refractivity contribution in [2.75, 3.05) is 13.1 Å². The largest absolute Gasteiger partial charge is 0.131 e. The van der Waals surface area contributed by atoms with Crippen LogP contribution in [0.2, 0.25) is 0 Å². The molecule has 0 N–H and O–H groups in total. The lowest BCUT2D eigenvalue weighted by Gasteiger charge is -1.98. The topological polar surface area (TPSA) is 24.7 Å². The summed E-state index contributed by atoms with van der Waals surface area (Å²) in [6.45, 7) is 6.19. The summed E-state index contributed by atoms with van der Waals surface area (Å²) in [6, 6.07) is 0. The normalized spacial score (nSPS) is 22.6. The van der Waals surface area contributed by atoms with Gasteiger partial charge in [-0.15, -0.1) is 0 Å². The Bertz CT molecular complexity index is 85.1. The van der Waals surface area contributed by atoms with Gasteiger partial charge in [-0.2, -0.15) is 0 Å². The van der Waals surface area contributed by atoms with Crippen LogP contribution in [-0.2, 0) is 0 Å². The molecule has 1 rings (SSSR count). The number of quaternary nitrogens is 1. The van der Waals surface area contributed by atoms with Crippen LogP contribution in [0.25, 0.3) is 0 Å². The van der Waals surface area contributed by atoms with Crippen LogP contribution in [0.15, 0.2) is 10.4 Å². The van der Waals surface area contributed by atoms with Crippen molar-refractivity contribution >= 4 is 0 Å². The molecule has 0 saturated heterocycles. The third-order valence-electron chi connectivity index (χ3n) is 1.36. The fourth-order valence-corrected chi connectivity index (χ4v) is 0.533. The van der Waals surface area contributed by atoms with E-state index >= 15 is 0 Å². The van der Waals surface area contributed by atoms with Crippen LogP contribution < -0.4 is 0 Å². The lowest BCUT2D eigenvalue weighted by Crippen LogP contribution is -2.23. The highest BCUT2D eigenvalue weighted by molar-refractivity contribution is 4.25. The average molecular weight is 100 g/mol. The number of rotatable bonds is 2. The number of hydrogen-bond donors (Lipinski definition) is 0. The molecule has 3 heteroatoms. The molecule has 40 valence electrons. The van der Waals surface area contributed by atoms with Crippen molar-refractivity contribution < 1.29 is 4.70 Å². The Hall–Kier alpha value is -0.440. The predicted molar refractivity (Wildman–Crippen MR) is 26.2 cm³/mol. The second kappa shape index (κ2) is 1.26. The first kappa shape index (κ1) is 4.71. The number of nitrogens with zero attached hydrogens (tertiary/aromatic N) is 3. The molecule has 0 aromatic heterocycles. The molecule has 0 atom stereocenters. The molecular weight excluding hydrogens is 90.1 g/mol. The summed E-state index contributed by atoms with van der Waals surface area (Å²) < 4.78 is 0.639. The quantitative estimate of drug-likeness (QED) is 0.465. The zero-order chi connectivity index (χ0) is 5.33.